The Balaban J connectivity index is 2.09. The Hall–Kier alpha value is -1.13. The molecule has 0 radical (unpaired) electrons. The number of rotatable bonds is 3. The maximum Gasteiger partial charge on any atom is 0.127 e. The quantitative estimate of drug-likeness (QED) is 0.823. The Labute approximate surface area is 88.0 Å². The summed E-state index contributed by atoms with van der Waals surface area (Å²) in [5.74, 6) is 0.220. The number of ether oxygens (including phenoxy) is 2. The predicted octanol–water partition coefficient (Wildman–Crippen LogP) is 1.45. The van der Waals surface area contributed by atoms with Gasteiger partial charge in [-0.05, 0) is 17.7 Å². The predicted molar refractivity (Wildman–Crippen MR) is 54.1 cm³/mol. The van der Waals surface area contributed by atoms with Crippen molar-refractivity contribution in [2.75, 3.05) is 13.2 Å². The minimum absolute atomic E-state index is 0.0393. The topological polar surface area (TPSA) is 44.5 Å². The van der Waals surface area contributed by atoms with E-state index in [9.17, 15) is 4.39 Å². The molecule has 1 aromatic carbocycles. The molecular formula is C11H14FNO2. The highest BCUT2D eigenvalue weighted by molar-refractivity contribution is 5.29. The summed E-state index contributed by atoms with van der Waals surface area (Å²) in [6.07, 6.45) is 0.895. The van der Waals surface area contributed by atoms with Gasteiger partial charge in [-0.3, -0.25) is 0 Å². The third-order valence-electron chi connectivity index (χ3n) is 2.36. The minimum atomic E-state index is -0.313. The van der Waals surface area contributed by atoms with Crippen molar-refractivity contribution in [1.29, 1.82) is 0 Å². The molecule has 1 saturated heterocycles. The number of nitrogens with two attached hydrogens (primary N) is 1. The monoisotopic (exact) mass is 211 g/mol. The SMILES string of the molecule is NCc1cc(F)cc(OC2CCOC2)c1. The normalized spacial score (nSPS) is 20.5. The van der Waals surface area contributed by atoms with Crippen LogP contribution in [0.1, 0.15) is 12.0 Å². The van der Waals surface area contributed by atoms with E-state index in [1.165, 1.54) is 12.1 Å². The second-order valence-electron chi connectivity index (χ2n) is 3.60. The van der Waals surface area contributed by atoms with Crippen LogP contribution in [0.5, 0.6) is 5.75 Å². The zero-order valence-corrected chi connectivity index (χ0v) is 8.41. The van der Waals surface area contributed by atoms with Gasteiger partial charge in [0.2, 0.25) is 0 Å². The van der Waals surface area contributed by atoms with Crippen LogP contribution in [-0.2, 0) is 11.3 Å². The molecule has 2 N–H and O–H groups in total. The summed E-state index contributed by atoms with van der Waals surface area (Å²) in [6.45, 7) is 1.60. The summed E-state index contributed by atoms with van der Waals surface area (Å²) in [5.41, 5.74) is 6.19. The van der Waals surface area contributed by atoms with Crippen molar-refractivity contribution < 1.29 is 13.9 Å². The lowest BCUT2D eigenvalue weighted by Gasteiger charge is -2.12. The van der Waals surface area contributed by atoms with Gasteiger partial charge in [-0.2, -0.15) is 0 Å². The highest BCUT2D eigenvalue weighted by Gasteiger charge is 2.17. The molecule has 3 nitrogen and oxygen atoms in total. The van der Waals surface area contributed by atoms with E-state index >= 15 is 0 Å². The molecule has 0 spiro atoms. The van der Waals surface area contributed by atoms with Gasteiger partial charge < -0.3 is 15.2 Å². The van der Waals surface area contributed by atoms with Gasteiger partial charge in [0.05, 0.1) is 13.2 Å². The molecule has 1 unspecified atom stereocenters. The average Bonchev–Trinajstić information content (AvgIpc) is 2.69. The summed E-state index contributed by atoms with van der Waals surface area (Å²) in [7, 11) is 0. The third-order valence-corrected chi connectivity index (χ3v) is 2.36. The second kappa shape index (κ2) is 4.59. The average molecular weight is 211 g/mol. The molecule has 4 heteroatoms. The van der Waals surface area contributed by atoms with Gasteiger partial charge in [-0.1, -0.05) is 0 Å². The van der Waals surface area contributed by atoms with E-state index in [-0.39, 0.29) is 11.9 Å². The summed E-state index contributed by atoms with van der Waals surface area (Å²) in [6, 6.07) is 4.55. The number of halogens is 1. The molecule has 82 valence electrons. The third kappa shape index (κ3) is 2.67. The van der Waals surface area contributed by atoms with Crippen molar-refractivity contribution in [3.8, 4) is 5.75 Å². The van der Waals surface area contributed by atoms with E-state index < -0.39 is 0 Å². The van der Waals surface area contributed by atoms with Crippen molar-refractivity contribution in [2.24, 2.45) is 5.73 Å². The first kappa shape index (κ1) is 10.4. The van der Waals surface area contributed by atoms with Gasteiger partial charge in [-0.25, -0.2) is 4.39 Å². The van der Waals surface area contributed by atoms with Crippen LogP contribution in [0.4, 0.5) is 4.39 Å². The van der Waals surface area contributed by atoms with E-state index in [4.69, 9.17) is 15.2 Å². The largest absolute Gasteiger partial charge is 0.488 e. The lowest BCUT2D eigenvalue weighted by Crippen LogP contribution is -2.16. The van der Waals surface area contributed by atoms with Gasteiger partial charge in [-0.15, -0.1) is 0 Å². The fourth-order valence-corrected chi connectivity index (χ4v) is 1.60. The Morgan fingerprint density at radius 1 is 1.47 bits per heavy atom. The Morgan fingerprint density at radius 2 is 2.33 bits per heavy atom. The van der Waals surface area contributed by atoms with Crippen molar-refractivity contribution >= 4 is 0 Å². The molecule has 0 amide bonds. The van der Waals surface area contributed by atoms with E-state index in [0.29, 0.717) is 25.5 Å². The molecule has 15 heavy (non-hydrogen) atoms. The van der Waals surface area contributed by atoms with E-state index in [1.54, 1.807) is 6.07 Å². The lowest BCUT2D eigenvalue weighted by molar-refractivity contribution is 0.141. The molecule has 2 rings (SSSR count). The van der Waals surface area contributed by atoms with Gasteiger partial charge in [0.1, 0.15) is 17.7 Å². The van der Waals surface area contributed by atoms with Crippen LogP contribution in [0, 0.1) is 5.82 Å². The van der Waals surface area contributed by atoms with Crippen molar-refractivity contribution in [1.82, 2.24) is 0 Å². The molecule has 1 fully saturated rings. The first-order valence-electron chi connectivity index (χ1n) is 5.02. The zero-order chi connectivity index (χ0) is 10.7. The van der Waals surface area contributed by atoms with Crippen LogP contribution in [0.2, 0.25) is 0 Å². The molecule has 0 bridgehead atoms. The Kier molecular flexibility index (Phi) is 3.18. The highest BCUT2D eigenvalue weighted by Crippen LogP contribution is 2.20. The lowest BCUT2D eigenvalue weighted by atomic mass is 10.2. The summed E-state index contributed by atoms with van der Waals surface area (Å²) in [4.78, 5) is 0. The summed E-state index contributed by atoms with van der Waals surface area (Å²) < 4.78 is 23.9. The van der Waals surface area contributed by atoms with Crippen LogP contribution in [-0.4, -0.2) is 19.3 Å². The van der Waals surface area contributed by atoms with Crippen molar-refractivity contribution in [2.45, 2.75) is 19.1 Å². The minimum Gasteiger partial charge on any atom is -0.488 e. The standard InChI is InChI=1S/C11H14FNO2/c12-9-3-8(6-13)4-11(5-9)15-10-1-2-14-7-10/h3-5,10H,1-2,6-7,13H2. The maximum absolute atomic E-state index is 13.1. The fraction of sp³-hybridized carbons (Fsp3) is 0.455. The number of hydrogen-bond acceptors (Lipinski definition) is 3. The van der Waals surface area contributed by atoms with Crippen LogP contribution in [0.25, 0.3) is 0 Å². The van der Waals surface area contributed by atoms with Crippen molar-refractivity contribution in [3.05, 3.63) is 29.6 Å². The molecule has 1 aliphatic rings. The van der Waals surface area contributed by atoms with Gasteiger partial charge in [0, 0.05) is 19.0 Å². The molecule has 1 heterocycles. The first-order chi connectivity index (χ1) is 7.28. The molecular weight excluding hydrogens is 197 g/mol. The molecule has 1 atom stereocenters. The maximum atomic E-state index is 13.1. The summed E-state index contributed by atoms with van der Waals surface area (Å²) >= 11 is 0. The summed E-state index contributed by atoms with van der Waals surface area (Å²) in [5, 5.41) is 0. The van der Waals surface area contributed by atoms with Crippen molar-refractivity contribution in [3.63, 3.8) is 0 Å². The van der Waals surface area contributed by atoms with Crippen LogP contribution in [0.3, 0.4) is 0 Å². The Bertz CT molecular complexity index is 337. The van der Waals surface area contributed by atoms with E-state index in [0.717, 1.165) is 12.0 Å². The number of hydrogen-bond donors (Lipinski definition) is 1. The number of benzene rings is 1. The van der Waals surface area contributed by atoms with E-state index in [1.807, 2.05) is 0 Å². The van der Waals surface area contributed by atoms with Crippen LogP contribution >= 0.6 is 0 Å². The highest BCUT2D eigenvalue weighted by atomic mass is 19.1. The zero-order valence-electron chi connectivity index (χ0n) is 8.41. The van der Waals surface area contributed by atoms with Gasteiger partial charge in [0.25, 0.3) is 0 Å². The molecule has 1 aliphatic heterocycles. The van der Waals surface area contributed by atoms with E-state index in [2.05, 4.69) is 0 Å². The van der Waals surface area contributed by atoms with Gasteiger partial charge >= 0.3 is 0 Å². The van der Waals surface area contributed by atoms with Crippen LogP contribution in [0.15, 0.2) is 18.2 Å². The fourth-order valence-electron chi connectivity index (χ4n) is 1.60. The first-order valence-corrected chi connectivity index (χ1v) is 5.02. The molecule has 1 aromatic rings. The molecule has 0 saturated carbocycles. The molecule has 0 aromatic heterocycles. The van der Waals surface area contributed by atoms with Crippen LogP contribution < -0.4 is 10.5 Å². The Morgan fingerprint density at radius 3 is 3.00 bits per heavy atom. The molecule has 0 aliphatic carbocycles. The smallest absolute Gasteiger partial charge is 0.127 e. The second-order valence-corrected chi connectivity index (χ2v) is 3.60. The van der Waals surface area contributed by atoms with Gasteiger partial charge in [0.15, 0.2) is 0 Å².